The summed E-state index contributed by atoms with van der Waals surface area (Å²) < 4.78 is 28.3. The number of amides is 2. The number of halogens is 3. The lowest BCUT2D eigenvalue weighted by atomic mass is 9.79. The summed E-state index contributed by atoms with van der Waals surface area (Å²) in [5, 5.41) is 9.85. The van der Waals surface area contributed by atoms with E-state index in [9.17, 15) is 13.6 Å². The van der Waals surface area contributed by atoms with E-state index >= 15 is 0 Å². The molecular formula is C17H19ClF2N4OS. The SMILES string of the molecule is Cn1nc(NC(=O)NC2CC(F)(F)C2)c(C2CCC2)c1-c1ccc(Cl)s1. The van der Waals surface area contributed by atoms with Gasteiger partial charge in [-0.05, 0) is 30.9 Å². The lowest BCUT2D eigenvalue weighted by Gasteiger charge is -2.35. The van der Waals surface area contributed by atoms with Crippen LogP contribution in [0.2, 0.25) is 4.34 Å². The van der Waals surface area contributed by atoms with E-state index in [1.54, 1.807) is 4.68 Å². The first kappa shape index (κ1) is 17.7. The highest BCUT2D eigenvalue weighted by atomic mass is 35.5. The molecule has 0 atom stereocenters. The van der Waals surface area contributed by atoms with Gasteiger partial charge in [0.15, 0.2) is 5.82 Å². The van der Waals surface area contributed by atoms with Gasteiger partial charge in [0.1, 0.15) is 0 Å². The van der Waals surface area contributed by atoms with E-state index in [0.29, 0.717) is 16.1 Å². The van der Waals surface area contributed by atoms with Crippen molar-refractivity contribution in [3.8, 4) is 10.6 Å². The molecule has 9 heteroatoms. The smallest absolute Gasteiger partial charge is 0.320 e. The second-order valence-electron chi connectivity index (χ2n) is 7.03. The van der Waals surface area contributed by atoms with E-state index in [0.717, 1.165) is 35.4 Å². The number of nitrogens with zero attached hydrogens (tertiary/aromatic N) is 2. The maximum Gasteiger partial charge on any atom is 0.320 e. The van der Waals surface area contributed by atoms with Crippen LogP contribution >= 0.6 is 22.9 Å². The van der Waals surface area contributed by atoms with Gasteiger partial charge in [-0.1, -0.05) is 18.0 Å². The van der Waals surface area contributed by atoms with E-state index in [2.05, 4.69) is 15.7 Å². The summed E-state index contributed by atoms with van der Waals surface area (Å²) in [6.07, 6.45) is 2.62. The lowest BCUT2D eigenvalue weighted by Crippen LogP contribution is -2.51. The first-order chi connectivity index (χ1) is 12.3. The van der Waals surface area contributed by atoms with Crippen LogP contribution in [0.4, 0.5) is 19.4 Å². The number of aryl methyl sites for hydroxylation is 1. The monoisotopic (exact) mass is 400 g/mol. The minimum absolute atomic E-state index is 0.308. The predicted molar refractivity (Wildman–Crippen MR) is 98.2 cm³/mol. The Morgan fingerprint density at radius 2 is 2.12 bits per heavy atom. The van der Waals surface area contributed by atoms with Gasteiger partial charge >= 0.3 is 6.03 Å². The van der Waals surface area contributed by atoms with Crippen LogP contribution in [0, 0.1) is 0 Å². The van der Waals surface area contributed by atoms with Crippen LogP contribution in [0.25, 0.3) is 10.6 Å². The maximum absolute atomic E-state index is 12.9. The van der Waals surface area contributed by atoms with Crippen molar-refractivity contribution in [2.45, 2.75) is 50.0 Å². The number of anilines is 1. The average Bonchev–Trinajstić information content (AvgIpc) is 2.99. The highest BCUT2D eigenvalue weighted by Crippen LogP contribution is 2.46. The molecule has 2 N–H and O–H groups in total. The number of hydrogen-bond acceptors (Lipinski definition) is 3. The Kier molecular flexibility index (Phi) is 4.43. The number of hydrogen-bond donors (Lipinski definition) is 2. The molecule has 0 spiro atoms. The molecule has 2 aliphatic carbocycles. The summed E-state index contributed by atoms with van der Waals surface area (Å²) in [4.78, 5) is 13.2. The Balaban J connectivity index is 1.57. The highest BCUT2D eigenvalue weighted by Gasteiger charge is 2.46. The van der Waals surface area contributed by atoms with Gasteiger partial charge in [-0.25, -0.2) is 13.6 Å². The number of urea groups is 1. The van der Waals surface area contributed by atoms with Crippen molar-refractivity contribution in [1.82, 2.24) is 15.1 Å². The molecule has 140 valence electrons. The van der Waals surface area contributed by atoms with Crippen LogP contribution in [0.15, 0.2) is 12.1 Å². The minimum atomic E-state index is -2.66. The summed E-state index contributed by atoms with van der Waals surface area (Å²) in [5.41, 5.74) is 1.96. The van der Waals surface area contributed by atoms with Gasteiger partial charge in [0, 0.05) is 31.5 Å². The van der Waals surface area contributed by atoms with Crippen molar-refractivity contribution in [3.63, 3.8) is 0 Å². The second kappa shape index (κ2) is 6.49. The first-order valence-corrected chi connectivity index (χ1v) is 9.80. The molecule has 0 radical (unpaired) electrons. The molecular weight excluding hydrogens is 382 g/mol. The number of alkyl halides is 2. The molecule has 0 aliphatic heterocycles. The molecule has 0 saturated heterocycles. The van der Waals surface area contributed by atoms with Crippen LogP contribution in [0.5, 0.6) is 0 Å². The topological polar surface area (TPSA) is 59.0 Å². The Bertz CT molecular complexity index is 838. The number of rotatable bonds is 4. The van der Waals surface area contributed by atoms with E-state index in [1.807, 2.05) is 19.2 Å². The lowest BCUT2D eigenvalue weighted by molar-refractivity contribution is -0.0893. The van der Waals surface area contributed by atoms with Gasteiger partial charge in [0.25, 0.3) is 5.92 Å². The summed E-state index contributed by atoms with van der Waals surface area (Å²) in [5.74, 6) is -1.82. The molecule has 2 aromatic rings. The van der Waals surface area contributed by atoms with Crippen molar-refractivity contribution in [2.75, 3.05) is 5.32 Å². The second-order valence-corrected chi connectivity index (χ2v) is 8.74. The zero-order valence-electron chi connectivity index (χ0n) is 14.2. The van der Waals surface area contributed by atoms with Crippen molar-refractivity contribution in [2.24, 2.45) is 7.05 Å². The zero-order chi connectivity index (χ0) is 18.5. The van der Waals surface area contributed by atoms with E-state index in [-0.39, 0.29) is 12.8 Å². The van der Waals surface area contributed by atoms with Crippen LogP contribution in [0.1, 0.15) is 43.6 Å². The molecule has 5 nitrogen and oxygen atoms in total. The van der Waals surface area contributed by atoms with Gasteiger partial charge in [-0.3, -0.25) is 10.00 Å². The van der Waals surface area contributed by atoms with Crippen molar-refractivity contribution >= 4 is 34.8 Å². The molecule has 26 heavy (non-hydrogen) atoms. The molecule has 4 rings (SSSR count). The van der Waals surface area contributed by atoms with Crippen molar-refractivity contribution in [1.29, 1.82) is 0 Å². The van der Waals surface area contributed by atoms with Crippen LogP contribution in [-0.2, 0) is 7.05 Å². The zero-order valence-corrected chi connectivity index (χ0v) is 15.8. The molecule has 0 unspecified atom stereocenters. The summed E-state index contributed by atoms with van der Waals surface area (Å²) in [6.45, 7) is 0. The molecule has 0 bridgehead atoms. The van der Waals surface area contributed by atoms with E-state index < -0.39 is 18.0 Å². The molecule has 2 heterocycles. The first-order valence-electron chi connectivity index (χ1n) is 8.60. The summed E-state index contributed by atoms with van der Waals surface area (Å²) in [6, 6.07) is 2.82. The van der Waals surface area contributed by atoms with Gasteiger partial charge in [-0.15, -0.1) is 11.3 Å². The third-order valence-corrected chi connectivity index (χ3v) is 6.30. The number of carbonyl (C=O) groups excluding carboxylic acids is 1. The standard InChI is InChI=1S/C17H19ClF2N4OS/c1-24-14(11-5-6-12(18)26-11)13(9-3-2-4-9)15(23-24)22-16(25)21-10-7-17(19,20)8-10/h5-6,9-10H,2-4,7-8H2,1H3,(H2,21,22,23,25). The Morgan fingerprint density at radius 3 is 2.65 bits per heavy atom. The van der Waals surface area contributed by atoms with Crippen molar-refractivity contribution < 1.29 is 13.6 Å². The Hall–Kier alpha value is -1.67. The minimum Gasteiger partial charge on any atom is -0.335 e. The van der Waals surface area contributed by atoms with Crippen molar-refractivity contribution in [3.05, 3.63) is 22.0 Å². The fourth-order valence-electron chi connectivity index (χ4n) is 3.54. The molecule has 2 fully saturated rings. The number of aromatic nitrogens is 2. The maximum atomic E-state index is 12.9. The van der Waals surface area contributed by atoms with Crippen LogP contribution in [-0.4, -0.2) is 27.8 Å². The largest absolute Gasteiger partial charge is 0.335 e. The number of nitrogens with one attached hydrogen (secondary N) is 2. The average molecular weight is 401 g/mol. The number of carbonyl (C=O) groups is 1. The Labute approximate surface area is 158 Å². The molecule has 2 amide bonds. The molecule has 2 aromatic heterocycles. The molecule has 0 aromatic carbocycles. The predicted octanol–water partition coefficient (Wildman–Crippen LogP) is 4.99. The molecule has 2 aliphatic rings. The molecule has 2 saturated carbocycles. The van der Waals surface area contributed by atoms with Crippen LogP contribution < -0.4 is 10.6 Å². The van der Waals surface area contributed by atoms with Gasteiger partial charge < -0.3 is 5.32 Å². The highest BCUT2D eigenvalue weighted by molar-refractivity contribution is 7.19. The quantitative estimate of drug-likeness (QED) is 0.759. The number of thiophene rings is 1. The fraction of sp³-hybridized carbons (Fsp3) is 0.529. The normalized spacial score (nSPS) is 19.7. The van der Waals surface area contributed by atoms with Gasteiger partial charge in [0.2, 0.25) is 0 Å². The Morgan fingerprint density at radius 1 is 1.38 bits per heavy atom. The summed E-state index contributed by atoms with van der Waals surface area (Å²) in [7, 11) is 1.83. The summed E-state index contributed by atoms with van der Waals surface area (Å²) >= 11 is 7.55. The third kappa shape index (κ3) is 3.32. The van der Waals surface area contributed by atoms with E-state index in [4.69, 9.17) is 11.6 Å². The fourth-order valence-corrected chi connectivity index (χ4v) is 4.68. The van der Waals surface area contributed by atoms with Gasteiger partial charge in [0.05, 0.1) is 14.9 Å². The van der Waals surface area contributed by atoms with Gasteiger partial charge in [-0.2, -0.15) is 5.10 Å². The van der Waals surface area contributed by atoms with Crippen LogP contribution in [0.3, 0.4) is 0 Å². The van der Waals surface area contributed by atoms with E-state index in [1.165, 1.54) is 11.3 Å². The third-order valence-electron chi connectivity index (χ3n) is 5.06.